The van der Waals surface area contributed by atoms with E-state index in [-0.39, 0.29) is 0 Å². The first kappa shape index (κ1) is 17.2. The minimum Gasteiger partial charge on any atom is -0.326 e. The van der Waals surface area contributed by atoms with Crippen LogP contribution in [0.1, 0.15) is 5.56 Å². The van der Waals surface area contributed by atoms with E-state index in [0.717, 1.165) is 45.0 Å². The highest BCUT2D eigenvalue weighted by Gasteiger charge is 2.14. The lowest BCUT2D eigenvalue weighted by Gasteiger charge is -2.11. The van der Waals surface area contributed by atoms with E-state index in [9.17, 15) is 0 Å². The van der Waals surface area contributed by atoms with Crippen molar-refractivity contribution in [3.8, 4) is 33.9 Å². The van der Waals surface area contributed by atoms with Crippen LogP contribution in [0.25, 0.3) is 45.1 Å². The summed E-state index contributed by atoms with van der Waals surface area (Å²) in [5.74, 6) is 0. The van der Waals surface area contributed by atoms with Crippen LogP contribution < -0.4 is 5.73 Å². The molecule has 0 bridgehead atoms. The fourth-order valence-electron chi connectivity index (χ4n) is 3.29. The summed E-state index contributed by atoms with van der Waals surface area (Å²) in [7, 11) is 0. The van der Waals surface area contributed by atoms with E-state index in [2.05, 4.69) is 10.2 Å². The van der Waals surface area contributed by atoms with Gasteiger partial charge in [0.25, 0.3) is 0 Å². The first-order valence-electron chi connectivity index (χ1n) is 9.35. The molecule has 5 aromatic rings. The SMILES string of the molecule is NCc1ccc(-c2nc3ccc(-c4ccn[nH]4)nc3nc2-c2ccccc2)cc1. The number of hydrogen-bond donors (Lipinski definition) is 2. The summed E-state index contributed by atoms with van der Waals surface area (Å²) in [6, 6.07) is 23.9. The van der Waals surface area contributed by atoms with Crippen molar-refractivity contribution < 1.29 is 0 Å². The second-order valence-electron chi connectivity index (χ2n) is 6.70. The van der Waals surface area contributed by atoms with Crippen molar-refractivity contribution in [2.75, 3.05) is 0 Å². The topological polar surface area (TPSA) is 93.4 Å². The molecular weight excluding hydrogens is 360 g/mol. The molecular formula is C23H18N6. The Hall–Kier alpha value is -3.90. The molecule has 3 N–H and O–H groups in total. The highest BCUT2D eigenvalue weighted by atomic mass is 15.1. The van der Waals surface area contributed by atoms with Crippen LogP contribution in [0.2, 0.25) is 0 Å². The molecule has 0 atom stereocenters. The zero-order chi connectivity index (χ0) is 19.6. The predicted molar refractivity (Wildman–Crippen MR) is 114 cm³/mol. The molecule has 0 radical (unpaired) electrons. The summed E-state index contributed by atoms with van der Waals surface area (Å²) >= 11 is 0. The number of pyridine rings is 1. The number of aromatic amines is 1. The molecule has 0 fully saturated rings. The highest BCUT2D eigenvalue weighted by Crippen LogP contribution is 2.31. The molecule has 0 saturated carbocycles. The maximum Gasteiger partial charge on any atom is 0.179 e. The van der Waals surface area contributed by atoms with Gasteiger partial charge in [0, 0.05) is 23.9 Å². The van der Waals surface area contributed by atoms with Gasteiger partial charge in [-0.15, -0.1) is 0 Å². The van der Waals surface area contributed by atoms with Crippen molar-refractivity contribution >= 4 is 11.2 Å². The molecule has 0 spiro atoms. The largest absolute Gasteiger partial charge is 0.326 e. The summed E-state index contributed by atoms with van der Waals surface area (Å²) in [6.07, 6.45) is 1.70. The summed E-state index contributed by atoms with van der Waals surface area (Å²) in [6.45, 7) is 0.509. The van der Waals surface area contributed by atoms with Crippen molar-refractivity contribution in [3.63, 3.8) is 0 Å². The lowest BCUT2D eigenvalue weighted by atomic mass is 10.0. The molecule has 29 heavy (non-hydrogen) atoms. The van der Waals surface area contributed by atoms with Crippen LogP contribution in [0.3, 0.4) is 0 Å². The first-order chi connectivity index (χ1) is 14.3. The normalized spacial score (nSPS) is 11.1. The third-order valence-electron chi connectivity index (χ3n) is 4.82. The van der Waals surface area contributed by atoms with E-state index >= 15 is 0 Å². The molecule has 2 aromatic carbocycles. The molecule has 3 heterocycles. The third kappa shape index (κ3) is 3.26. The molecule has 6 nitrogen and oxygen atoms in total. The van der Waals surface area contributed by atoms with Gasteiger partial charge in [-0.1, -0.05) is 54.6 Å². The average molecular weight is 378 g/mol. The Morgan fingerprint density at radius 1 is 0.724 bits per heavy atom. The monoisotopic (exact) mass is 378 g/mol. The Morgan fingerprint density at radius 2 is 1.48 bits per heavy atom. The minimum atomic E-state index is 0.509. The van der Waals surface area contributed by atoms with Crippen molar-refractivity contribution in [1.82, 2.24) is 25.1 Å². The summed E-state index contributed by atoms with van der Waals surface area (Å²) in [4.78, 5) is 14.5. The van der Waals surface area contributed by atoms with Crippen molar-refractivity contribution in [2.45, 2.75) is 6.54 Å². The Bertz CT molecular complexity index is 1260. The quantitative estimate of drug-likeness (QED) is 0.489. The van der Waals surface area contributed by atoms with Crippen molar-refractivity contribution in [2.24, 2.45) is 5.73 Å². The van der Waals surface area contributed by atoms with Crippen LogP contribution in [0, 0.1) is 0 Å². The van der Waals surface area contributed by atoms with Gasteiger partial charge in [0.05, 0.1) is 22.8 Å². The van der Waals surface area contributed by atoms with Crippen LogP contribution in [0.4, 0.5) is 0 Å². The Morgan fingerprint density at radius 3 is 2.21 bits per heavy atom. The molecule has 140 valence electrons. The van der Waals surface area contributed by atoms with E-state index < -0.39 is 0 Å². The van der Waals surface area contributed by atoms with E-state index in [1.54, 1.807) is 6.20 Å². The maximum atomic E-state index is 5.75. The number of hydrogen-bond acceptors (Lipinski definition) is 5. The molecule has 3 aromatic heterocycles. The fraction of sp³-hybridized carbons (Fsp3) is 0.0435. The zero-order valence-corrected chi connectivity index (χ0v) is 15.6. The molecule has 5 rings (SSSR count). The maximum absolute atomic E-state index is 5.75. The minimum absolute atomic E-state index is 0.509. The highest BCUT2D eigenvalue weighted by molar-refractivity contribution is 5.85. The van der Waals surface area contributed by atoms with Gasteiger partial charge in [-0.3, -0.25) is 5.10 Å². The van der Waals surface area contributed by atoms with Gasteiger partial charge >= 0.3 is 0 Å². The summed E-state index contributed by atoms with van der Waals surface area (Å²) in [5.41, 5.74) is 13.4. The number of aromatic nitrogens is 5. The van der Waals surface area contributed by atoms with Gasteiger partial charge in [0.1, 0.15) is 5.52 Å². The number of nitrogens with zero attached hydrogens (tertiary/aromatic N) is 4. The zero-order valence-electron chi connectivity index (χ0n) is 15.6. The Balaban J connectivity index is 1.73. The standard InChI is InChI=1S/C23H18N6/c24-14-15-6-8-17(9-7-15)21-22(16-4-2-1-3-5-16)28-23-20(26-21)11-10-18(27-23)19-12-13-25-29-19/h1-13H,14,24H2,(H,25,29). The average Bonchev–Trinajstić information content (AvgIpc) is 3.33. The fourth-order valence-corrected chi connectivity index (χ4v) is 3.29. The number of nitrogens with one attached hydrogen (secondary N) is 1. The summed E-state index contributed by atoms with van der Waals surface area (Å²) in [5, 5.41) is 6.94. The lowest BCUT2D eigenvalue weighted by molar-refractivity contribution is 1.07. The molecule has 0 aliphatic heterocycles. The van der Waals surface area contributed by atoms with E-state index in [4.69, 9.17) is 20.7 Å². The van der Waals surface area contributed by atoms with Gasteiger partial charge < -0.3 is 5.73 Å². The lowest BCUT2D eigenvalue weighted by Crippen LogP contribution is -1.99. The van der Waals surface area contributed by atoms with Crippen LogP contribution in [0.5, 0.6) is 0 Å². The number of rotatable bonds is 4. The van der Waals surface area contributed by atoms with Gasteiger partial charge in [-0.25, -0.2) is 15.0 Å². The van der Waals surface area contributed by atoms with Crippen LogP contribution in [-0.4, -0.2) is 25.1 Å². The van der Waals surface area contributed by atoms with Gasteiger partial charge in [-0.2, -0.15) is 5.10 Å². The molecule has 0 aliphatic rings. The summed E-state index contributed by atoms with van der Waals surface area (Å²) < 4.78 is 0. The number of fused-ring (bicyclic) bond motifs is 1. The molecule has 0 unspecified atom stereocenters. The third-order valence-corrected chi connectivity index (χ3v) is 4.82. The second kappa shape index (κ2) is 7.26. The van der Waals surface area contributed by atoms with Crippen LogP contribution in [-0.2, 0) is 6.54 Å². The van der Waals surface area contributed by atoms with Gasteiger partial charge in [-0.05, 0) is 23.8 Å². The van der Waals surface area contributed by atoms with Gasteiger partial charge in [0.2, 0.25) is 0 Å². The number of nitrogens with two attached hydrogens (primary N) is 1. The van der Waals surface area contributed by atoms with E-state index in [1.807, 2.05) is 72.8 Å². The molecule has 0 aliphatic carbocycles. The second-order valence-corrected chi connectivity index (χ2v) is 6.70. The molecule has 0 amide bonds. The number of benzene rings is 2. The Kier molecular flexibility index (Phi) is 4.31. The van der Waals surface area contributed by atoms with Crippen LogP contribution in [0.15, 0.2) is 79.0 Å². The molecule has 6 heteroatoms. The van der Waals surface area contributed by atoms with Gasteiger partial charge in [0.15, 0.2) is 5.65 Å². The van der Waals surface area contributed by atoms with E-state index in [0.29, 0.717) is 12.2 Å². The van der Waals surface area contributed by atoms with Crippen LogP contribution >= 0.6 is 0 Å². The Labute approximate surface area is 167 Å². The van der Waals surface area contributed by atoms with Crippen molar-refractivity contribution in [1.29, 1.82) is 0 Å². The molecule has 0 saturated heterocycles. The number of H-pyrrole nitrogens is 1. The van der Waals surface area contributed by atoms with Crippen molar-refractivity contribution in [3.05, 3.63) is 84.6 Å². The first-order valence-corrected chi connectivity index (χ1v) is 9.35. The smallest absolute Gasteiger partial charge is 0.179 e. The van der Waals surface area contributed by atoms with E-state index in [1.165, 1.54) is 0 Å². The predicted octanol–water partition coefficient (Wildman–Crippen LogP) is 4.21.